The van der Waals surface area contributed by atoms with Crippen molar-refractivity contribution < 1.29 is 14.3 Å². The molecule has 2 aliphatic rings. The highest BCUT2D eigenvalue weighted by molar-refractivity contribution is 5.92. The predicted octanol–water partition coefficient (Wildman–Crippen LogP) is 3.05. The van der Waals surface area contributed by atoms with Gasteiger partial charge >= 0.3 is 0 Å². The van der Waals surface area contributed by atoms with Crippen molar-refractivity contribution >= 4 is 11.6 Å². The smallest absolute Gasteiger partial charge is 0.250 e. The zero-order valence-electron chi connectivity index (χ0n) is 15.2. The summed E-state index contributed by atoms with van der Waals surface area (Å²) in [7, 11) is 0. The van der Waals surface area contributed by atoms with Gasteiger partial charge in [-0.05, 0) is 30.4 Å². The van der Waals surface area contributed by atoms with Crippen LogP contribution in [0, 0.1) is 5.92 Å². The molecule has 1 aliphatic carbocycles. The van der Waals surface area contributed by atoms with E-state index in [0.717, 1.165) is 50.5 Å². The molecule has 1 aliphatic heterocycles. The van der Waals surface area contributed by atoms with Gasteiger partial charge in [0.25, 0.3) is 0 Å². The molecule has 138 valence electrons. The zero-order valence-corrected chi connectivity index (χ0v) is 15.2. The molecule has 1 amide bonds. The van der Waals surface area contributed by atoms with E-state index in [2.05, 4.69) is 23.2 Å². The monoisotopic (exact) mass is 346 g/mol. The number of nitrogens with zero attached hydrogens (tertiary/aromatic N) is 1. The first-order valence-corrected chi connectivity index (χ1v) is 9.52. The maximum absolute atomic E-state index is 12.3. The van der Waals surface area contributed by atoms with Gasteiger partial charge in [-0.2, -0.15) is 0 Å². The van der Waals surface area contributed by atoms with Gasteiger partial charge < -0.3 is 14.8 Å². The summed E-state index contributed by atoms with van der Waals surface area (Å²) in [5.74, 6) is 0.488. The lowest BCUT2D eigenvalue weighted by Gasteiger charge is -2.28. The molecule has 1 heterocycles. The van der Waals surface area contributed by atoms with E-state index in [1.165, 1.54) is 19.3 Å². The topological polar surface area (TPSA) is 50.8 Å². The number of anilines is 1. The Bertz CT molecular complexity index is 558. The van der Waals surface area contributed by atoms with Crippen molar-refractivity contribution in [1.82, 2.24) is 4.90 Å². The quantitative estimate of drug-likeness (QED) is 0.860. The molecule has 1 saturated carbocycles. The maximum Gasteiger partial charge on any atom is 0.250 e. The van der Waals surface area contributed by atoms with Gasteiger partial charge in [0, 0.05) is 25.3 Å². The molecule has 0 unspecified atom stereocenters. The lowest BCUT2D eigenvalue weighted by molar-refractivity contribution is -0.124. The van der Waals surface area contributed by atoms with Gasteiger partial charge in [-0.25, -0.2) is 0 Å². The van der Waals surface area contributed by atoms with E-state index >= 15 is 0 Å². The summed E-state index contributed by atoms with van der Waals surface area (Å²) in [6, 6.07) is 8.03. The van der Waals surface area contributed by atoms with Gasteiger partial charge in [0.1, 0.15) is 6.61 Å². The molecule has 1 saturated heterocycles. The molecule has 25 heavy (non-hydrogen) atoms. The minimum Gasteiger partial charge on any atom is -0.379 e. The summed E-state index contributed by atoms with van der Waals surface area (Å²) in [5, 5.41) is 3.03. The van der Waals surface area contributed by atoms with E-state index in [9.17, 15) is 4.79 Å². The first-order chi connectivity index (χ1) is 12.2. The first kappa shape index (κ1) is 18.4. The van der Waals surface area contributed by atoms with Crippen LogP contribution >= 0.6 is 0 Å². The van der Waals surface area contributed by atoms with Crippen molar-refractivity contribution in [3.63, 3.8) is 0 Å². The molecule has 3 rings (SSSR count). The third-order valence-electron chi connectivity index (χ3n) is 5.25. The van der Waals surface area contributed by atoms with E-state index in [1.54, 1.807) is 0 Å². The summed E-state index contributed by atoms with van der Waals surface area (Å²) in [6.45, 7) is 6.63. The average Bonchev–Trinajstić information content (AvgIpc) is 2.64. The van der Waals surface area contributed by atoms with Gasteiger partial charge in [-0.1, -0.05) is 38.0 Å². The van der Waals surface area contributed by atoms with Crippen LogP contribution in [0.4, 0.5) is 5.69 Å². The van der Waals surface area contributed by atoms with Crippen molar-refractivity contribution in [2.24, 2.45) is 5.92 Å². The second-order valence-electron chi connectivity index (χ2n) is 7.21. The SMILES string of the molecule is C[C@H]1CCCC[C@@H]1OCC(=O)Nc1ccccc1CN1CCOCC1. The lowest BCUT2D eigenvalue weighted by atomic mass is 9.88. The van der Waals surface area contributed by atoms with Gasteiger partial charge in [0.05, 0.1) is 19.3 Å². The van der Waals surface area contributed by atoms with Crippen LogP contribution in [0.15, 0.2) is 24.3 Å². The van der Waals surface area contributed by atoms with Crippen molar-refractivity contribution in [3.05, 3.63) is 29.8 Å². The fourth-order valence-electron chi connectivity index (χ4n) is 3.68. The van der Waals surface area contributed by atoms with E-state index in [1.807, 2.05) is 18.2 Å². The fraction of sp³-hybridized carbons (Fsp3) is 0.650. The zero-order chi connectivity index (χ0) is 17.5. The largest absolute Gasteiger partial charge is 0.379 e. The molecular formula is C20H30N2O3. The van der Waals surface area contributed by atoms with Crippen LogP contribution in [0.25, 0.3) is 0 Å². The highest BCUT2D eigenvalue weighted by atomic mass is 16.5. The minimum atomic E-state index is -0.0628. The highest BCUT2D eigenvalue weighted by Crippen LogP contribution is 2.26. The summed E-state index contributed by atoms with van der Waals surface area (Å²) >= 11 is 0. The maximum atomic E-state index is 12.3. The standard InChI is InChI=1S/C20H30N2O3/c1-16-6-2-5-9-19(16)25-15-20(23)21-18-8-4-3-7-17(18)14-22-10-12-24-13-11-22/h3-4,7-8,16,19H,2,5-6,9-15H2,1H3,(H,21,23)/t16-,19-/m0/s1. The number of ether oxygens (including phenoxy) is 2. The summed E-state index contributed by atoms with van der Waals surface area (Å²) in [4.78, 5) is 14.7. The lowest BCUT2D eigenvalue weighted by Crippen LogP contribution is -2.36. The highest BCUT2D eigenvalue weighted by Gasteiger charge is 2.22. The summed E-state index contributed by atoms with van der Waals surface area (Å²) in [5.41, 5.74) is 2.03. The predicted molar refractivity (Wildman–Crippen MR) is 98.5 cm³/mol. The van der Waals surface area contributed by atoms with E-state index in [4.69, 9.17) is 9.47 Å². The first-order valence-electron chi connectivity index (χ1n) is 9.52. The molecule has 2 atom stereocenters. The second kappa shape index (κ2) is 9.32. The van der Waals surface area contributed by atoms with E-state index in [-0.39, 0.29) is 18.6 Å². The molecule has 2 fully saturated rings. The van der Waals surface area contributed by atoms with Crippen LogP contribution in [0.1, 0.15) is 38.2 Å². The van der Waals surface area contributed by atoms with Crippen LogP contribution in [-0.4, -0.2) is 49.8 Å². The molecular weight excluding hydrogens is 316 g/mol. The molecule has 1 aromatic rings. The number of para-hydroxylation sites is 1. The molecule has 5 heteroatoms. The minimum absolute atomic E-state index is 0.0628. The molecule has 0 spiro atoms. The average molecular weight is 346 g/mol. The number of hydrogen-bond donors (Lipinski definition) is 1. The van der Waals surface area contributed by atoms with Crippen molar-refractivity contribution in [2.45, 2.75) is 45.3 Å². The fourth-order valence-corrected chi connectivity index (χ4v) is 3.68. The van der Waals surface area contributed by atoms with Crippen LogP contribution in [0.5, 0.6) is 0 Å². The van der Waals surface area contributed by atoms with Crippen molar-refractivity contribution in [3.8, 4) is 0 Å². The Morgan fingerprint density at radius 2 is 2.00 bits per heavy atom. The number of carbonyl (C=O) groups is 1. The van der Waals surface area contributed by atoms with Crippen LogP contribution in [0.3, 0.4) is 0 Å². The number of nitrogens with one attached hydrogen (secondary N) is 1. The number of benzene rings is 1. The van der Waals surface area contributed by atoms with E-state index < -0.39 is 0 Å². The number of carbonyl (C=O) groups excluding carboxylic acids is 1. The Labute approximate surface area is 150 Å². The Kier molecular flexibility index (Phi) is 6.84. The third kappa shape index (κ3) is 5.53. The second-order valence-corrected chi connectivity index (χ2v) is 7.21. The number of amides is 1. The van der Waals surface area contributed by atoms with Crippen molar-refractivity contribution in [2.75, 3.05) is 38.2 Å². The summed E-state index contributed by atoms with van der Waals surface area (Å²) in [6.07, 6.45) is 4.99. The molecule has 1 N–H and O–H groups in total. The van der Waals surface area contributed by atoms with Gasteiger partial charge in [-0.15, -0.1) is 0 Å². The number of rotatable bonds is 6. The molecule has 5 nitrogen and oxygen atoms in total. The Morgan fingerprint density at radius 1 is 1.24 bits per heavy atom. The van der Waals surface area contributed by atoms with Gasteiger partial charge in [-0.3, -0.25) is 9.69 Å². The Balaban J connectivity index is 1.52. The van der Waals surface area contributed by atoms with Crippen LogP contribution < -0.4 is 5.32 Å². The molecule has 0 radical (unpaired) electrons. The third-order valence-corrected chi connectivity index (χ3v) is 5.25. The van der Waals surface area contributed by atoms with Gasteiger partial charge in [0.15, 0.2) is 0 Å². The Hall–Kier alpha value is -1.43. The normalized spacial score (nSPS) is 24.8. The molecule has 0 aromatic heterocycles. The number of hydrogen-bond acceptors (Lipinski definition) is 4. The number of morpholine rings is 1. The van der Waals surface area contributed by atoms with Crippen molar-refractivity contribution in [1.29, 1.82) is 0 Å². The molecule has 1 aromatic carbocycles. The Morgan fingerprint density at radius 3 is 2.80 bits per heavy atom. The van der Waals surface area contributed by atoms with Crippen LogP contribution in [-0.2, 0) is 20.8 Å². The summed E-state index contributed by atoms with van der Waals surface area (Å²) < 4.78 is 11.3. The van der Waals surface area contributed by atoms with E-state index in [0.29, 0.717) is 5.92 Å². The van der Waals surface area contributed by atoms with Crippen LogP contribution in [0.2, 0.25) is 0 Å². The molecule has 0 bridgehead atoms. The van der Waals surface area contributed by atoms with Gasteiger partial charge in [0.2, 0.25) is 5.91 Å².